The molecule has 30 heavy (non-hydrogen) atoms. The molecular weight excluding hydrogens is 400 g/mol. The van der Waals surface area contributed by atoms with Crippen molar-refractivity contribution in [3.8, 4) is 11.3 Å². The van der Waals surface area contributed by atoms with Crippen molar-refractivity contribution in [3.63, 3.8) is 0 Å². The van der Waals surface area contributed by atoms with E-state index in [0.717, 1.165) is 16.4 Å². The number of aromatic nitrogens is 2. The topological polar surface area (TPSA) is 85.2 Å². The van der Waals surface area contributed by atoms with Gasteiger partial charge in [-0.15, -0.1) is 0 Å². The number of carbonyl (C=O) groups is 2. The molecule has 0 aliphatic heterocycles. The van der Waals surface area contributed by atoms with E-state index in [1.165, 1.54) is 18.7 Å². The van der Waals surface area contributed by atoms with E-state index in [1.54, 1.807) is 31.4 Å². The number of carbonyl (C=O) groups excluding carboxylic acids is 2. The third-order valence-corrected chi connectivity index (χ3v) is 5.22. The lowest BCUT2D eigenvalue weighted by molar-refractivity contribution is -0.114. The fourth-order valence-corrected chi connectivity index (χ4v) is 3.68. The highest BCUT2D eigenvalue weighted by molar-refractivity contribution is 7.99. The molecule has 2 N–H and O–H groups in total. The normalized spacial score (nSPS) is 10.6. The van der Waals surface area contributed by atoms with Crippen molar-refractivity contribution < 1.29 is 14.3 Å². The zero-order valence-corrected chi connectivity index (χ0v) is 17.7. The van der Waals surface area contributed by atoms with Crippen LogP contribution < -0.4 is 10.6 Å². The number of hydrogen-bond acceptors (Lipinski definition) is 5. The maximum absolute atomic E-state index is 12.4. The van der Waals surface area contributed by atoms with Gasteiger partial charge < -0.3 is 19.9 Å². The Morgan fingerprint density at radius 2 is 1.70 bits per heavy atom. The Bertz CT molecular complexity index is 987. The van der Waals surface area contributed by atoms with Gasteiger partial charge in [-0.05, 0) is 29.8 Å². The number of hydrogen-bond donors (Lipinski definition) is 2. The second-order valence-electron chi connectivity index (χ2n) is 6.53. The molecule has 0 aliphatic rings. The van der Waals surface area contributed by atoms with Crippen LogP contribution in [0.4, 0.5) is 11.4 Å². The summed E-state index contributed by atoms with van der Waals surface area (Å²) in [6.45, 7) is 2.65. The smallest absolute Gasteiger partial charge is 0.234 e. The molecule has 0 unspecified atom stereocenters. The fraction of sp³-hybridized carbons (Fsp3) is 0.227. The van der Waals surface area contributed by atoms with Crippen molar-refractivity contribution >= 4 is 35.0 Å². The van der Waals surface area contributed by atoms with E-state index >= 15 is 0 Å². The molecule has 0 radical (unpaired) electrons. The molecule has 3 aromatic rings. The molecule has 0 spiro atoms. The third-order valence-electron chi connectivity index (χ3n) is 4.23. The Labute approximate surface area is 179 Å². The number of ether oxygens (including phenoxy) is 1. The Morgan fingerprint density at radius 3 is 2.33 bits per heavy atom. The molecule has 0 saturated carbocycles. The van der Waals surface area contributed by atoms with Crippen LogP contribution >= 0.6 is 11.8 Å². The number of anilines is 2. The Morgan fingerprint density at radius 1 is 1.03 bits per heavy atom. The zero-order chi connectivity index (χ0) is 21.3. The molecule has 0 bridgehead atoms. The van der Waals surface area contributed by atoms with Gasteiger partial charge in [-0.1, -0.05) is 42.1 Å². The van der Waals surface area contributed by atoms with Crippen molar-refractivity contribution in [1.82, 2.24) is 9.55 Å². The number of nitrogens with one attached hydrogen (secondary N) is 2. The first kappa shape index (κ1) is 21.6. The van der Waals surface area contributed by atoms with Crippen molar-refractivity contribution in [2.75, 3.05) is 30.1 Å². The predicted molar refractivity (Wildman–Crippen MR) is 120 cm³/mol. The summed E-state index contributed by atoms with van der Waals surface area (Å²) in [5, 5.41) is 6.32. The van der Waals surface area contributed by atoms with E-state index in [9.17, 15) is 9.59 Å². The van der Waals surface area contributed by atoms with E-state index in [0.29, 0.717) is 24.5 Å². The Hall–Kier alpha value is -3.10. The first-order valence-corrected chi connectivity index (χ1v) is 10.5. The maximum atomic E-state index is 12.4. The molecule has 1 heterocycles. The van der Waals surface area contributed by atoms with Gasteiger partial charge in [0.2, 0.25) is 11.8 Å². The number of benzene rings is 2. The summed E-state index contributed by atoms with van der Waals surface area (Å²) in [7, 11) is 1.66. The summed E-state index contributed by atoms with van der Waals surface area (Å²) < 4.78 is 7.30. The number of methoxy groups -OCH3 is 1. The third kappa shape index (κ3) is 5.95. The molecule has 0 aliphatic carbocycles. The van der Waals surface area contributed by atoms with Crippen LogP contribution in [0.15, 0.2) is 66.0 Å². The lowest BCUT2D eigenvalue weighted by Gasteiger charge is -2.11. The lowest BCUT2D eigenvalue weighted by atomic mass is 10.2. The predicted octanol–water partition coefficient (Wildman–Crippen LogP) is 3.89. The molecule has 2 amide bonds. The van der Waals surface area contributed by atoms with Crippen LogP contribution in [0.25, 0.3) is 11.3 Å². The quantitative estimate of drug-likeness (QED) is 0.509. The van der Waals surface area contributed by atoms with Crippen molar-refractivity contribution in [3.05, 3.63) is 60.8 Å². The van der Waals surface area contributed by atoms with Crippen LogP contribution in [-0.2, 0) is 20.9 Å². The molecule has 0 saturated heterocycles. The van der Waals surface area contributed by atoms with Gasteiger partial charge in [0.25, 0.3) is 0 Å². The second-order valence-corrected chi connectivity index (χ2v) is 7.47. The highest BCUT2D eigenvalue weighted by atomic mass is 32.2. The Kier molecular flexibility index (Phi) is 7.64. The molecule has 156 valence electrons. The zero-order valence-electron chi connectivity index (χ0n) is 16.9. The van der Waals surface area contributed by atoms with Gasteiger partial charge in [0.15, 0.2) is 5.16 Å². The fourth-order valence-electron chi connectivity index (χ4n) is 2.88. The molecule has 0 fully saturated rings. The highest BCUT2D eigenvalue weighted by Gasteiger charge is 2.14. The van der Waals surface area contributed by atoms with Crippen LogP contribution in [-0.4, -0.2) is 40.8 Å². The van der Waals surface area contributed by atoms with E-state index in [-0.39, 0.29) is 17.6 Å². The van der Waals surface area contributed by atoms with Crippen molar-refractivity contribution in [2.24, 2.45) is 0 Å². The number of imidazole rings is 1. The first-order chi connectivity index (χ1) is 14.6. The first-order valence-electron chi connectivity index (χ1n) is 9.47. The maximum Gasteiger partial charge on any atom is 0.234 e. The summed E-state index contributed by atoms with van der Waals surface area (Å²) in [5.41, 5.74) is 3.41. The summed E-state index contributed by atoms with van der Waals surface area (Å²) in [6, 6.07) is 17.0. The van der Waals surface area contributed by atoms with E-state index in [1.807, 2.05) is 36.5 Å². The van der Waals surface area contributed by atoms with Crippen molar-refractivity contribution in [2.45, 2.75) is 18.6 Å². The largest absolute Gasteiger partial charge is 0.383 e. The summed E-state index contributed by atoms with van der Waals surface area (Å²) >= 11 is 1.38. The molecule has 0 atom stereocenters. The van der Waals surface area contributed by atoms with E-state index < -0.39 is 0 Å². The summed E-state index contributed by atoms with van der Waals surface area (Å²) in [5.74, 6) is -0.0389. The summed E-state index contributed by atoms with van der Waals surface area (Å²) in [4.78, 5) is 28.0. The number of thioether (sulfide) groups is 1. The molecule has 1 aromatic heterocycles. The number of nitrogens with zero attached hydrogens (tertiary/aromatic N) is 2. The minimum atomic E-state index is -0.137. The molecule has 8 heteroatoms. The number of amides is 2. The minimum absolute atomic E-state index is 0.130. The van der Waals surface area contributed by atoms with Gasteiger partial charge in [0.05, 0.1) is 24.3 Å². The van der Waals surface area contributed by atoms with Gasteiger partial charge in [0.1, 0.15) is 0 Å². The standard InChI is InChI=1S/C22H24N4O3S/c1-16(27)24-18-8-10-19(11-9-18)25-21(28)15-30-22-23-14-20(26(22)12-13-29-2)17-6-4-3-5-7-17/h3-11,14H,12-13,15H2,1-2H3,(H,24,27)(H,25,28). The summed E-state index contributed by atoms with van der Waals surface area (Å²) in [6.07, 6.45) is 1.83. The molecule has 7 nitrogen and oxygen atoms in total. The van der Waals surface area contributed by atoms with Gasteiger partial charge in [0, 0.05) is 32.0 Å². The molecule has 2 aromatic carbocycles. The van der Waals surface area contributed by atoms with Gasteiger partial charge >= 0.3 is 0 Å². The monoisotopic (exact) mass is 424 g/mol. The van der Waals surface area contributed by atoms with Gasteiger partial charge in [-0.25, -0.2) is 4.98 Å². The van der Waals surface area contributed by atoms with Crippen LogP contribution in [0, 0.1) is 0 Å². The SMILES string of the molecule is COCCn1c(-c2ccccc2)cnc1SCC(=O)Nc1ccc(NC(C)=O)cc1. The lowest BCUT2D eigenvalue weighted by Crippen LogP contribution is -2.15. The number of rotatable bonds is 9. The van der Waals surface area contributed by atoms with Crippen LogP contribution in [0.1, 0.15) is 6.92 Å². The minimum Gasteiger partial charge on any atom is -0.383 e. The van der Waals surface area contributed by atoms with Crippen LogP contribution in [0.3, 0.4) is 0 Å². The molecular formula is C22H24N4O3S. The second kappa shape index (κ2) is 10.6. The van der Waals surface area contributed by atoms with Crippen molar-refractivity contribution in [1.29, 1.82) is 0 Å². The van der Waals surface area contributed by atoms with Crippen LogP contribution in [0.2, 0.25) is 0 Å². The molecule has 3 rings (SSSR count). The Balaban J connectivity index is 1.64. The van der Waals surface area contributed by atoms with Gasteiger partial charge in [-0.3, -0.25) is 9.59 Å². The van der Waals surface area contributed by atoms with E-state index in [4.69, 9.17) is 4.74 Å². The highest BCUT2D eigenvalue weighted by Crippen LogP contribution is 2.26. The van der Waals surface area contributed by atoms with E-state index in [2.05, 4.69) is 20.2 Å². The van der Waals surface area contributed by atoms with Crippen LogP contribution in [0.5, 0.6) is 0 Å². The average Bonchev–Trinajstić information content (AvgIpc) is 3.15. The average molecular weight is 425 g/mol. The van der Waals surface area contributed by atoms with Gasteiger partial charge in [-0.2, -0.15) is 0 Å².